The molecule has 0 atom stereocenters. The van der Waals surface area contributed by atoms with E-state index < -0.39 is 0 Å². The Morgan fingerprint density at radius 3 is 2.37 bits per heavy atom. The Hall–Kier alpha value is -2.29. The van der Waals surface area contributed by atoms with E-state index in [-0.39, 0.29) is 11.9 Å². The van der Waals surface area contributed by atoms with Crippen molar-refractivity contribution in [3.05, 3.63) is 33.6 Å². The highest BCUT2D eigenvalue weighted by Gasteiger charge is 2.23. The van der Waals surface area contributed by atoms with Crippen LogP contribution in [0.4, 0.5) is 0 Å². The van der Waals surface area contributed by atoms with Crippen LogP contribution in [0.2, 0.25) is 0 Å². The molecule has 8 heteroatoms. The smallest absolute Gasteiger partial charge is 0.254 e. The van der Waals surface area contributed by atoms with Crippen molar-refractivity contribution in [3.63, 3.8) is 0 Å². The first-order valence-electron chi connectivity index (χ1n) is 10.1. The van der Waals surface area contributed by atoms with E-state index in [9.17, 15) is 4.79 Å². The summed E-state index contributed by atoms with van der Waals surface area (Å²) in [6, 6.07) is 4.17. The van der Waals surface area contributed by atoms with Gasteiger partial charge in [-0.15, -0.1) is 11.3 Å². The van der Waals surface area contributed by atoms with E-state index in [1.54, 1.807) is 36.7 Å². The number of pyridine rings is 1. The van der Waals surface area contributed by atoms with Gasteiger partial charge < -0.3 is 14.4 Å². The number of ether oxygens (including phenoxy) is 2. The Bertz CT molecular complexity index is 1020. The number of thiophene rings is 1. The monoisotopic (exact) mass is 430 g/mol. The summed E-state index contributed by atoms with van der Waals surface area (Å²) in [7, 11) is 3.27. The van der Waals surface area contributed by atoms with Crippen molar-refractivity contribution in [3.8, 4) is 11.3 Å². The van der Waals surface area contributed by atoms with Crippen LogP contribution in [-0.2, 0) is 9.47 Å². The van der Waals surface area contributed by atoms with Crippen molar-refractivity contribution >= 4 is 28.3 Å². The molecule has 0 saturated heterocycles. The Balaban J connectivity index is 2.16. The lowest BCUT2D eigenvalue weighted by molar-refractivity contribution is 0.0629. The lowest BCUT2D eigenvalue weighted by atomic mass is 10.1. The minimum Gasteiger partial charge on any atom is -0.383 e. The van der Waals surface area contributed by atoms with Crippen molar-refractivity contribution in [2.75, 3.05) is 40.5 Å². The van der Waals surface area contributed by atoms with Gasteiger partial charge in [0.2, 0.25) is 0 Å². The summed E-state index contributed by atoms with van der Waals surface area (Å²) < 4.78 is 12.3. The maximum Gasteiger partial charge on any atom is 0.254 e. The predicted molar refractivity (Wildman–Crippen MR) is 120 cm³/mol. The molecule has 0 aliphatic carbocycles. The number of nitrogens with zero attached hydrogens (tertiary/aromatic N) is 4. The molecule has 0 aliphatic rings. The summed E-state index contributed by atoms with van der Waals surface area (Å²) in [6.45, 7) is 10.2. The quantitative estimate of drug-likeness (QED) is 0.511. The number of hydrogen-bond donors (Lipinski definition) is 0. The summed E-state index contributed by atoms with van der Waals surface area (Å²) >= 11 is 1.73. The first-order chi connectivity index (χ1) is 14.4. The zero-order valence-corrected chi connectivity index (χ0v) is 19.4. The molecule has 0 aromatic carbocycles. The lowest BCUT2D eigenvalue weighted by Crippen LogP contribution is -2.36. The van der Waals surface area contributed by atoms with Crippen LogP contribution in [0.1, 0.15) is 40.0 Å². The van der Waals surface area contributed by atoms with Gasteiger partial charge in [-0.1, -0.05) is 0 Å². The molecule has 3 heterocycles. The second kappa shape index (κ2) is 9.68. The van der Waals surface area contributed by atoms with Crippen molar-refractivity contribution in [2.45, 2.75) is 33.7 Å². The SMILES string of the molecule is COCCN(CCOC)C(=O)c1cc(-c2cc(C)sc2C)nc2c1cnn2C(C)C. The highest BCUT2D eigenvalue weighted by atomic mass is 32.1. The van der Waals surface area contributed by atoms with Gasteiger partial charge in [0.1, 0.15) is 0 Å². The second-order valence-corrected chi connectivity index (χ2v) is 9.04. The minimum absolute atomic E-state index is 0.0642. The Labute approximate surface area is 181 Å². The molecule has 3 aromatic heterocycles. The molecule has 7 nitrogen and oxygen atoms in total. The highest BCUT2D eigenvalue weighted by molar-refractivity contribution is 7.12. The van der Waals surface area contributed by atoms with Crippen LogP contribution in [0.15, 0.2) is 18.3 Å². The van der Waals surface area contributed by atoms with E-state index in [2.05, 4.69) is 38.9 Å². The zero-order chi connectivity index (χ0) is 21.8. The molecule has 0 spiro atoms. The lowest BCUT2D eigenvalue weighted by Gasteiger charge is -2.22. The number of methoxy groups -OCH3 is 2. The van der Waals surface area contributed by atoms with E-state index in [4.69, 9.17) is 14.5 Å². The third-order valence-electron chi connectivity index (χ3n) is 5.02. The molecule has 0 bridgehead atoms. The maximum absolute atomic E-state index is 13.6. The topological polar surface area (TPSA) is 69.5 Å². The largest absolute Gasteiger partial charge is 0.383 e. The first-order valence-corrected chi connectivity index (χ1v) is 10.9. The van der Waals surface area contributed by atoms with E-state index in [1.807, 2.05) is 10.7 Å². The summed E-state index contributed by atoms with van der Waals surface area (Å²) in [6.07, 6.45) is 1.75. The highest BCUT2D eigenvalue weighted by Crippen LogP contribution is 2.33. The van der Waals surface area contributed by atoms with Gasteiger partial charge in [-0.05, 0) is 39.8 Å². The molecule has 3 aromatic rings. The van der Waals surface area contributed by atoms with Crippen molar-refractivity contribution in [1.82, 2.24) is 19.7 Å². The number of carbonyl (C=O) groups is 1. The number of aryl methyl sites for hydroxylation is 2. The molecule has 0 aliphatic heterocycles. The number of amides is 1. The fourth-order valence-electron chi connectivity index (χ4n) is 3.48. The van der Waals surface area contributed by atoms with Crippen LogP contribution in [0.5, 0.6) is 0 Å². The summed E-state index contributed by atoms with van der Waals surface area (Å²) in [5.41, 5.74) is 3.20. The van der Waals surface area contributed by atoms with Crippen LogP contribution in [-0.4, -0.2) is 66.1 Å². The summed E-state index contributed by atoms with van der Waals surface area (Å²) in [4.78, 5) is 22.7. The molecule has 0 saturated carbocycles. The molecule has 3 rings (SSSR count). The first kappa shape index (κ1) is 22.4. The van der Waals surface area contributed by atoms with E-state index in [1.165, 1.54) is 9.75 Å². The molecule has 162 valence electrons. The van der Waals surface area contributed by atoms with Crippen molar-refractivity contribution in [1.29, 1.82) is 0 Å². The van der Waals surface area contributed by atoms with E-state index in [0.29, 0.717) is 31.9 Å². The third kappa shape index (κ3) is 4.55. The van der Waals surface area contributed by atoms with Crippen LogP contribution >= 0.6 is 11.3 Å². The van der Waals surface area contributed by atoms with Crippen LogP contribution < -0.4 is 0 Å². The van der Waals surface area contributed by atoms with Crippen LogP contribution in [0.3, 0.4) is 0 Å². The van der Waals surface area contributed by atoms with E-state index in [0.717, 1.165) is 22.3 Å². The average molecular weight is 431 g/mol. The minimum atomic E-state index is -0.0642. The van der Waals surface area contributed by atoms with Gasteiger partial charge in [-0.25, -0.2) is 9.67 Å². The predicted octanol–water partition coefficient (Wildman–Crippen LogP) is 4.09. The molecule has 30 heavy (non-hydrogen) atoms. The van der Waals surface area contributed by atoms with Gasteiger partial charge in [-0.3, -0.25) is 4.79 Å². The molecule has 0 N–H and O–H groups in total. The van der Waals surface area contributed by atoms with Crippen molar-refractivity contribution in [2.24, 2.45) is 0 Å². The standard InChI is InChI=1S/C22H30N4O3S/c1-14(2)26-21-19(13-23-26)18(22(27)25(7-9-28-5)8-10-29-6)12-20(24-21)17-11-15(3)30-16(17)4/h11-14H,7-10H2,1-6H3. The number of aromatic nitrogens is 3. The molecule has 0 unspecified atom stereocenters. The van der Waals surface area contributed by atoms with Gasteiger partial charge in [0.25, 0.3) is 5.91 Å². The van der Waals surface area contributed by atoms with Gasteiger partial charge in [-0.2, -0.15) is 5.10 Å². The van der Waals surface area contributed by atoms with Crippen LogP contribution in [0.25, 0.3) is 22.3 Å². The number of carbonyl (C=O) groups excluding carboxylic acids is 1. The maximum atomic E-state index is 13.6. The molecule has 0 fully saturated rings. The Morgan fingerprint density at radius 2 is 1.83 bits per heavy atom. The number of rotatable bonds is 9. The number of fused-ring (bicyclic) bond motifs is 1. The van der Waals surface area contributed by atoms with E-state index >= 15 is 0 Å². The second-order valence-electron chi connectivity index (χ2n) is 7.58. The fourth-order valence-corrected chi connectivity index (χ4v) is 4.42. The Morgan fingerprint density at radius 1 is 1.17 bits per heavy atom. The number of hydrogen-bond acceptors (Lipinski definition) is 6. The fraction of sp³-hybridized carbons (Fsp3) is 0.500. The molecular weight excluding hydrogens is 400 g/mol. The summed E-state index contributed by atoms with van der Waals surface area (Å²) in [5.74, 6) is -0.0642. The third-order valence-corrected chi connectivity index (χ3v) is 5.99. The molecule has 0 radical (unpaired) electrons. The zero-order valence-electron chi connectivity index (χ0n) is 18.6. The van der Waals surface area contributed by atoms with Gasteiger partial charge in [0.15, 0.2) is 5.65 Å². The summed E-state index contributed by atoms with van der Waals surface area (Å²) in [5, 5.41) is 5.29. The normalized spacial score (nSPS) is 11.6. The average Bonchev–Trinajstić information content (AvgIpc) is 3.29. The molecule has 1 amide bonds. The van der Waals surface area contributed by atoms with Gasteiger partial charge in [0, 0.05) is 48.7 Å². The van der Waals surface area contributed by atoms with Crippen LogP contribution in [0, 0.1) is 13.8 Å². The molecular formula is C22H30N4O3S. The Kier molecular flexibility index (Phi) is 7.23. The van der Waals surface area contributed by atoms with Gasteiger partial charge in [0.05, 0.1) is 36.1 Å². The van der Waals surface area contributed by atoms with Gasteiger partial charge >= 0.3 is 0 Å². The van der Waals surface area contributed by atoms with Crippen molar-refractivity contribution < 1.29 is 14.3 Å².